The quantitative estimate of drug-likeness (QED) is 0.656. The van der Waals surface area contributed by atoms with E-state index < -0.39 is 0 Å². The number of hydrogen-bond acceptors (Lipinski definition) is 2. The van der Waals surface area contributed by atoms with E-state index in [4.69, 9.17) is 4.74 Å². The van der Waals surface area contributed by atoms with E-state index in [-0.39, 0.29) is 12.1 Å². The molecule has 6 aliphatic carbocycles. The minimum absolute atomic E-state index is 0.0536. The Balaban J connectivity index is 1.37. The number of rotatable bonds is 1. The van der Waals surface area contributed by atoms with E-state index >= 15 is 0 Å². The summed E-state index contributed by atoms with van der Waals surface area (Å²) in [5, 5.41) is 0. The summed E-state index contributed by atoms with van der Waals surface area (Å²) in [6.45, 7) is 1.60. The zero-order chi connectivity index (χ0) is 16.1. The van der Waals surface area contributed by atoms with Gasteiger partial charge in [-0.25, -0.2) is 0 Å². The van der Waals surface area contributed by atoms with E-state index in [2.05, 4.69) is 12.2 Å². The molecule has 24 heavy (non-hydrogen) atoms. The second-order valence-corrected chi connectivity index (χ2v) is 9.87. The molecule has 0 aliphatic heterocycles. The van der Waals surface area contributed by atoms with Crippen molar-refractivity contribution in [1.29, 1.82) is 0 Å². The van der Waals surface area contributed by atoms with Gasteiger partial charge in [0.1, 0.15) is 6.10 Å². The Hall–Kier alpha value is -1.05. The first kappa shape index (κ1) is 14.2. The summed E-state index contributed by atoms with van der Waals surface area (Å²) in [5.74, 6) is 4.85. The van der Waals surface area contributed by atoms with Crippen LogP contribution in [0.15, 0.2) is 23.3 Å². The topological polar surface area (TPSA) is 26.3 Å². The molecule has 4 fully saturated rings. The third kappa shape index (κ3) is 1.70. The van der Waals surface area contributed by atoms with Gasteiger partial charge in [0.05, 0.1) is 0 Å². The predicted octanol–water partition coefficient (Wildman–Crippen LogP) is 4.66. The third-order valence-corrected chi connectivity index (χ3v) is 8.86. The third-order valence-electron chi connectivity index (χ3n) is 8.86. The monoisotopic (exact) mass is 324 g/mol. The first-order chi connectivity index (χ1) is 11.6. The first-order valence-electron chi connectivity index (χ1n) is 10.2. The van der Waals surface area contributed by atoms with Gasteiger partial charge in [-0.15, -0.1) is 0 Å². The summed E-state index contributed by atoms with van der Waals surface area (Å²) in [4.78, 5) is 11.6. The normalized spacial score (nSPS) is 53.1. The van der Waals surface area contributed by atoms with Crippen LogP contribution >= 0.6 is 0 Å². The van der Waals surface area contributed by atoms with Crippen molar-refractivity contribution < 1.29 is 9.53 Å². The van der Waals surface area contributed by atoms with Crippen molar-refractivity contribution in [2.75, 3.05) is 0 Å². The van der Waals surface area contributed by atoms with Crippen LogP contribution in [0.2, 0.25) is 0 Å². The van der Waals surface area contributed by atoms with Gasteiger partial charge in [-0.1, -0.05) is 17.7 Å². The number of carbonyl (C=O) groups excluding carboxylic acids is 1. The largest absolute Gasteiger partial charge is 0.462 e. The Kier molecular flexibility index (Phi) is 2.69. The highest BCUT2D eigenvalue weighted by atomic mass is 16.5. The maximum Gasteiger partial charge on any atom is 0.302 e. The first-order valence-corrected chi connectivity index (χ1v) is 10.2. The van der Waals surface area contributed by atoms with E-state index in [1.165, 1.54) is 51.4 Å². The molecule has 5 bridgehead atoms. The molecule has 0 aromatic heterocycles. The summed E-state index contributed by atoms with van der Waals surface area (Å²) in [6.07, 6.45) is 16.1. The fourth-order valence-electron chi connectivity index (χ4n) is 8.53. The van der Waals surface area contributed by atoms with E-state index in [0.717, 1.165) is 23.7 Å². The van der Waals surface area contributed by atoms with Crippen LogP contribution in [-0.4, -0.2) is 12.1 Å². The summed E-state index contributed by atoms with van der Waals surface area (Å²) < 4.78 is 5.86. The SMILES string of the molecule is CC(=O)OC1C2CCC1C1C3CC4(CC5=C(C=CC5)CC3C4)CC21. The van der Waals surface area contributed by atoms with E-state index in [9.17, 15) is 4.79 Å². The van der Waals surface area contributed by atoms with E-state index in [1.54, 1.807) is 18.1 Å². The number of carbonyl (C=O) groups is 1. The van der Waals surface area contributed by atoms with Crippen LogP contribution in [-0.2, 0) is 9.53 Å². The van der Waals surface area contributed by atoms with Crippen molar-refractivity contribution in [3.05, 3.63) is 23.3 Å². The van der Waals surface area contributed by atoms with Gasteiger partial charge in [-0.05, 0) is 97.9 Å². The molecule has 0 saturated heterocycles. The van der Waals surface area contributed by atoms with Gasteiger partial charge in [0.15, 0.2) is 0 Å². The van der Waals surface area contributed by atoms with Crippen LogP contribution in [0, 0.1) is 40.9 Å². The molecule has 2 heteroatoms. The fourth-order valence-corrected chi connectivity index (χ4v) is 8.53. The van der Waals surface area contributed by atoms with Crippen molar-refractivity contribution >= 4 is 5.97 Å². The second kappa shape index (κ2) is 4.56. The minimum atomic E-state index is -0.0536. The molecule has 8 atom stereocenters. The maximum absolute atomic E-state index is 11.6. The molecule has 2 nitrogen and oxygen atoms in total. The lowest BCUT2D eigenvalue weighted by Gasteiger charge is -2.46. The second-order valence-electron chi connectivity index (χ2n) is 9.87. The van der Waals surface area contributed by atoms with Crippen molar-refractivity contribution in [3.8, 4) is 0 Å². The standard InChI is InChI=1S/C22H28O2/c1-12(23)24-21-16-5-6-17(21)20-18-10-22(11-19(16)20)8-14-4-2-3-13(14)7-15(18)9-22/h2-3,15-21H,4-11H2,1H3. The van der Waals surface area contributed by atoms with E-state index in [0.29, 0.717) is 17.3 Å². The van der Waals surface area contributed by atoms with Crippen molar-refractivity contribution in [1.82, 2.24) is 0 Å². The summed E-state index contributed by atoms with van der Waals surface area (Å²) in [7, 11) is 0. The number of esters is 1. The number of ether oxygens (including phenoxy) is 1. The van der Waals surface area contributed by atoms with Crippen LogP contribution in [0.5, 0.6) is 0 Å². The number of fused-ring (bicyclic) bond motifs is 9. The Morgan fingerprint density at radius 3 is 2.83 bits per heavy atom. The molecule has 0 heterocycles. The Morgan fingerprint density at radius 1 is 1.12 bits per heavy atom. The molecule has 0 aromatic rings. The molecule has 6 aliphatic rings. The fraction of sp³-hybridized carbons (Fsp3) is 0.773. The summed E-state index contributed by atoms with van der Waals surface area (Å²) in [5.41, 5.74) is 4.07. The predicted molar refractivity (Wildman–Crippen MR) is 92.0 cm³/mol. The van der Waals surface area contributed by atoms with Gasteiger partial charge in [-0.3, -0.25) is 4.79 Å². The maximum atomic E-state index is 11.6. The molecule has 0 N–H and O–H groups in total. The Morgan fingerprint density at radius 2 is 1.96 bits per heavy atom. The van der Waals surface area contributed by atoms with Crippen LogP contribution in [0.25, 0.3) is 0 Å². The highest BCUT2D eigenvalue weighted by Gasteiger charge is 2.66. The van der Waals surface area contributed by atoms with Gasteiger partial charge in [0, 0.05) is 6.92 Å². The van der Waals surface area contributed by atoms with Gasteiger partial charge >= 0.3 is 5.97 Å². The Bertz CT molecular complexity index is 673. The lowest BCUT2D eigenvalue weighted by molar-refractivity contribution is -0.149. The van der Waals surface area contributed by atoms with Crippen LogP contribution in [0.4, 0.5) is 0 Å². The van der Waals surface area contributed by atoms with Gasteiger partial charge in [-0.2, -0.15) is 0 Å². The van der Waals surface area contributed by atoms with Crippen LogP contribution < -0.4 is 0 Å². The van der Waals surface area contributed by atoms with Crippen molar-refractivity contribution in [2.45, 2.75) is 64.4 Å². The smallest absolute Gasteiger partial charge is 0.302 e. The molecule has 4 saturated carbocycles. The summed E-state index contributed by atoms with van der Waals surface area (Å²) in [6, 6.07) is 0. The number of hydrogen-bond donors (Lipinski definition) is 0. The molecule has 1 spiro atoms. The Labute approximate surface area is 144 Å². The van der Waals surface area contributed by atoms with Gasteiger partial charge in [0.2, 0.25) is 0 Å². The molecule has 0 radical (unpaired) electrons. The summed E-state index contributed by atoms with van der Waals surface area (Å²) >= 11 is 0. The molecular formula is C22H28O2. The lowest BCUT2D eigenvalue weighted by atomic mass is 9.58. The van der Waals surface area contributed by atoms with E-state index in [1.807, 2.05) is 0 Å². The van der Waals surface area contributed by atoms with Crippen LogP contribution in [0.1, 0.15) is 58.3 Å². The number of allylic oxidation sites excluding steroid dienone is 4. The van der Waals surface area contributed by atoms with Crippen LogP contribution in [0.3, 0.4) is 0 Å². The van der Waals surface area contributed by atoms with Crippen molar-refractivity contribution in [3.63, 3.8) is 0 Å². The van der Waals surface area contributed by atoms with Crippen molar-refractivity contribution in [2.24, 2.45) is 40.9 Å². The van der Waals surface area contributed by atoms with Gasteiger partial charge in [0.25, 0.3) is 0 Å². The average Bonchev–Trinajstić information content (AvgIpc) is 3.23. The molecule has 0 aromatic carbocycles. The molecule has 0 amide bonds. The molecular weight excluding hydrogens is 296 g/mol. The molecule has 128 valence electrons. The highest BCUT2D eigenvalue weighted by Crippen LogP contribution is 2.71. The minimum Gasteiger partial charge on any atom is -0.462 e. The zero-order valence-corrected chi connectivity index (χ0v) is 14.7. The average molecular weight is 324 g/mol. The highest BCUT2D eigenvalue weighted by molar-refractivity contribution is 5.66. The lowest BCUT2D eigenvalue weighted by Crippen LogP contribution is -2.38. The molecule has 6 rings (SSSR count). The molecule has 8 unspecified atom stereocenters. The van der Waals surface area contributed by atoms with Gasteiger partial charge < -0.3 is 4.74 Å². The zero-order valence-electron chi connectivity index (χ0n) is 14.7.